The molecule has 6 nitrogen and oxygen atoms in total. The molecule has 31 heavy (non-hydrogen) atoms. The second kappa shape index (κ2) is 14.4. The van der Waals surface area contributed by atoms with Crippen LogP contribution in [0.5, 0.6) is 0 Å². The Balaban J connectivity index is 0.000000245. The first-order chi connectivity index (χ1) is 15.0. The van der Waals surface area contributed by atoms with E-state index >= 15 is 0 Å². The third kappa shape index (κ3) is 10.0. The quantitative estimate of drug-likeness (QED) is 0.279. The van der Waals surface area contributed by atoms with Gasteiger partial charge in [-0.2, -0.15) is 0 Å². The predicted molar refractivity (Wildman–Crippen MR) is 119 cm³/mol. The monoisotopic (exact) mass is 436 g/mol. The van der Waals surface area contributed by atoms with E-state index in [0.717, 1.165) is 32.1 Å². The zero-order valence-electron chi connectivity index (χ0n) is 19.1. The second-order valence-corrected chi connectivity index (χ2v) is 8.79. The lowest BCUT2D eigenvalue weighted by atomic mass is 9.88. The van der Waals surface area contributed by atoms with E-state index in [9.17, 15) is 9.59 Å². The molecule has 176 valence electrons. The molecule has 0 heterocycles. The molecule has 3 aliphatic carbocycles. The molecule has 3 aliphatic rings. The highest BCUT2D eigenvalue weighted by atomic mass is 16.7. The summed E-state index contributed by atoms with van der Waals surface area (Å²) in [6.45, 7) is 9.07. The van der Waals surface area contributed by atoms with E-state index in [4.69, 9.17) is 18.9 Å². The molecule has 0 amide bonds. The lowest BCUT2D eigenvalue weighted by molar-refractivity contribution is -0.213. The summed E-state index contributed by atoms with van der Waals surface area (Å²) >= 11 is 0. The first kappa shape index (κ1) is 25.6. The molecule has 2 unspecified atom stereocenters. The summed E-state index contributed by atoms with van der Waals surface area (Å²) in [5.41, 5.74) is 0. The summed E-state index contributed by atoms with van der Waals surface area (Å²) in [6.07, 6.45) is 16.5. The molecule has 0 aromatic rings. The standard InChI is InChI=1S/C15H24O4.C10H16O2/c1-2-14(16)17-11-15(18-12-7-3-4-8-12)19-13-9-5-6-10-13;1-3-10(11)12-9-7-5-4-6-8(9)2/h2,12-13,15H,1,3-11H2;3,8-9H,1,4-7H2,2H3. The summed E-state index contributed by atoms with van der Waals surface area (Å²) in [6, 6.07) is 0. The summed E-state index contributed by atoms with van der Waals surface area (Å²) in [7, 11) is 0. The summed E-state index contributed by atoms with van der Waals surface area (Å²) < 4.78 is 22.1. The van der Waals surface area contributed by atoms with Crippen LogP contribution in [0.3, 0.4) is 0 Å². The minimum absolute atomic E-state index is 0.129. The van der Waals surface area contributed by atoms with Gasteiger partial charge >= 0.3 is 11.9 Å². The van der Waals surface area contributed by atoms with Crippen molar-refractivity contribution in [2.45, 2.75) is 109 Å². The molecule has 0 radical (unpaired) electrons. The van der Waals surface area contributed by atoms with Crippen molar-refractivity contribution in [3.63, 3.8) is 0 Å². The average Bonchev–Trinajstić information content (AvgIpc) is 3.48. The van der Waals surface area contributed by atoms with Crippen molar-refractivity contribution in [2.75, 3.05) is 6.61 Å². The zero-order valence-corrected chi connectivity index (χ0v) is 19.1. The lowest BCUT2D eigenvalue weighted by Crippen LogP contribution is -2.31. The van der Waals surface area contributed by atoms with Crippen LogP contribution in [0.1, 0.15) is 84.0 Å². The van der Waals surface area contributed by atoms with E-state index < -0.39 is 12.3 Å². The predicted octanol–water partition coefficient (Wildman–Crippen LogP) is 5.25. The van der Waals surface area contributed by atoms with Gasteiger partial charge in [-0.3, -0.25) is 0 Å². The van der Waals surface area contributed by atoms with Gasteiger partial charge in [-0.25, -0.2) is 9.59 Å². The van der Waals surface area contributed by atoms with Gasteiger partial charge in [0.15, 0.2) is 6.29 Å². The van der Waals surface area contributed by atoms with Crippen molar-refractivity contribution in [3.8, 4) is 0 Å². The maximum atomic E-state index is 11.1. The Morgan fingerprint density at radius 2 is 1.29 bits per heavy atom. The molecule has 3 rings (SSSR count). The lowest BCUT2D eigenvalue weighted by Gasteiger charge is -2.27. The van der Waals surface area contributed by atoms with Crippen LogP contribution in [-0.4, -0.2) is 43.1 Å². The van der Waals surface area contributed by atoms with Crippen LogP contribution in [0.15, 0.2) is 25.3 Å². The molecule has 0 N–H and O–H groups in total. The van der Waals surface area contributed by atoms with Gasteiger partial charge in [-0.15, -0.1) is 0 Å². The third-order valence-electron chi connectivity index (χ3n) is 6.29. The van der Waals surface area contributed by atoms with E-state index in [0.29, 0.717) is 5.92 Å². The fourth-order valence-electron chi connectivity index (χ4n) is 4.45. The van der Waals surface area contributed by atoms with Gasteiger partial charge < -0.3 is 18.9 Å². The minimum Gasteiger partial charge on any atom is -0.459 e. The number of carbonyl (C=O) groups is 2. The fraction of sp³-hybridized carbons (Fsp3) is 0.760. The highest BCUT2D eigenvalue weighted by molar-refractivity contribution is 5.81. The smallest absolute Gasteiger partial charge is 0.330 e. The zero-order chi connectivity index (χ0) is 22.5. The van der Waals surface area contributed by atoms with Gasteiger partial charge in [0, 0.05) is 12.2 Å². The minimum atomic E-state index is -0.421. The van der Waals surface area contributed by atoms with E-state index in [1.807, 2.05) is 0 Å². The Morgan fingerprint density at radius 1 is 0.806 bits per heavy atom. The van der Waals surface area contributed by atoms with Crippen molar-refractivity contribution >= 4 is 11.9 Å². The SMILES string of the molecule is C=CC(=O)OC1CCCCC1C.C=CC(=O)OCC(OC1CCCC1)OC1CCCC1. The number of ether oxygens (including phenoxy) is 4. The Kier molecular flexibility index (Phi) is 11.9. The Bertz CT molecular complexity index is 544. The van der Waals surface area contributed by atoms with Gasteiger partial charge in [-0.1, -0.05) is 52.2 Å². The maximum Gasteiger partial charge on any atom is 0.330 e. The van der Waals surface area contributed by atoms with Crippen LogP contribution < -0.4 is 0 Å². The highest BCUT2D eigenvalue weighted by Crippen LogP contribution is 2.27. The first-order valence-electron chi connectivity index (χ1n) is 11.9. The number of hydrogen-bond donors (Lipinski definition) is 0. The van der Waals surface area contributed by atoms with Gasteiger partial charge in [0.1, 0.15) is 12.7 Å². The largest absolute Gasteiger partial charge is 0.459 e. The van der Waals surface area contributed by atoms with Gasteiger partial charge in [0.2, 0.25) is 0 Å². The Labute approximate surface area is 187 Å². The number of carbonyl (C=O) groups excluding carboxylic acids is 2. The summed E-state index contributed by atoms with van der Waals surface area (Å²) in [4.78, 5) is 22.0. The fourth-order valence-corrected chi connectivity index (χ4v) is 4.45. The summed E-state index contributed by atoms with van der Waals surface area (Å²) in [5.74, 6) is -0.188. The number of esters is 2. The molecule has 6 heteroatoms. The van der Waals surface area contributed by atoms with Crippen LogP contribution in [0.4, 0.5) is 0 Å². The van der Waals surface area contributed by atoms with E-state index in [-0.39, 0.29) is 30.9 Å². The van der Waals surface area contributed by atoms with Gasteiger partial charge in [0.25, 0.3) is 0 Å². The van der Waals surface area contributed by atoms with Crippen LogP contribution in [-0.2, 0) is 28.5 Å². The van der Waals surface area contributed by atoms with Crippen LogP contribution in [0.2, 0.25) is 0 Å². The Morgan fingerprint density at radius 3 is 1.77 bits per heavy atom. The molecule has 0 spiro atoms. The topological polar surface area (TPSA) is 71.1 Å². The molecule has 2 atom stereocenters. The van der Waals surface area contributed by atoms with E-state index in [1.165, 1.54) is 57.1 Å². The van der Waals surface area contributed by atoms with Gasteiger partial charge in [-0.05, 0) is 50.9 Å². The van der Waals surface area contributed by atoms with Crippen molar-refractivity contribution in [1.29, 1.82) is 0 Å². The molecule has 3 saturated carbocycles. The summed E-state index contributed by atoms with van der Waals surface area (Å²) in [5, 5.41) is 0. The van der Waals surface area contributed by atoms with Gasteiger partial charge in [0.05, 0.1) is 12.2 Å². The average molecular weight is 437 g/mol. The number of hydrogen-bond acceptors (Lipinski definition) is 6. The normalized spacial score (nSPS) is 24.3. The van der Waals surface area contributed by atoms with E-state index in [1.54, 1.807) is 0 Å². The molecule has 0 aromatic carbocycles. The van der Waals surface area contributed by atoms with Crippen molar-refractivity contribution in [1.82, 2.24) is 0 Å². The molecule has 0 aromatic heterocycles. The van der Waals surface area contributed by atoms with Crippen LogP contribution in [0.25, 0.3) is 0 Å². The molecular formula is C25H40O6. The molecular weight excluding hydrogens is 396 g/mol. The first-order valence-corrected chi connectivity index (χ1v) is 11.9. The highest BCUT2D eigenvalue weighted by Gasteiger charge is 2.26. The van der Waals surface area contributed by atoms with Crippen molar-refractivity contribution in [3.05, 3.63) is 25.3 Å². The number of rotatable bonds is 9. The van der Waals surface area contributed by atoms with Crippen molar-refractivity contribution in [2.24, 2.45) is 5.92 Å². The molecule has 3 fully saturated rings. The maximum absolute atomic E-state index is 11.1. The van der Waals surface area contributed by atoms with Crippen LogP contribution >= 0.6 is 0 Å². The van der Waals surface area contributed by atoms with E-state index in [2.05, 4.69) is 20.1 Å². The Hall–Kier alpha value is -1.66. The molecule has 0 bridgehead atoms. The molecule has 0 aliphatic heterocycles. The molecule has 0 saturated heterocycles. The van der Waals surface area contributed by atoms with Crippen molar-refractivity contribution < 1.29 is 28.5 Å². The second-order valence-electron chi connectivity index (χ2n) is 8.79. The van der Waals surface area contributed by atoms with Crippen LogP contribution in [0, 0.1) is 5.92 Å². The third-order valence-corrected chi connectivity index (χ3v) is 6.29.